The molecule has 14 heavy (non-hydrogen) atoms. The number of amides is 1. The molecule has 1 fully saturated rings. The molecule has 0 aromatic heterocycles. The van der Waals surface area contributed by atoms with Gasteiger partial charge in [0.2, 0.25) is 5.91 Å². The molecular weight excluding hydrogens is 216 g/mol. The first-order valence-electron chi connectivity index (χ1n) is 4.70. The van der Waals surface area contributed by atoms with Crippen LogP contribution in [0, 0.1) is 0 Å². The molecular formula is C9H16N2OS2. The first-order chi connectivity index (χ1) is 6.52. The van der Waals surface area contributed by atoms with E-state index in [2.05, 4.69) is 0 Å². The number of rotatable bonds is 2. The summed E-state index contributed by atoms with van der Waals surface area (Å²) in [6, 6.07) is 0. The molecule has 1 aliphatic heterocycles. The predicted octanol–water partition coefficient (Wildman–Crippen LogP) is 1.53. The minimum Gasteiger partial charge on any atom is -0.364 e. The predicted molar refractivity (Wildman–Crippen MR) is 64.3 cm³/mol. The fourth-order valence-corrected chi connectivity index (χ4v) is 2.64. The average molecular weight is 232 g/mol. The van der Waals surface area contributed by atoms with Crippen LogP contribution in [0.4, 0.5) is 0 Å². The second-order valence-corrected chi connectivity index (χ2v) is 5.52. The van der Waals surface area contributed by atoms with Crippen LogP contribution in [0.5, 0.6) is 0 Å². The molecule has 0 bridgehead atoms. The summed E-state index contributed by atoms with van der Waals surface area (Å²) in [4.78, 5) is 15.2. The normalized spacial score (nSPS) is 18.5. The smallest absolute Gasteiger partial charge is 0.223 e. The van der Waals surface area contributed by atoms with Crippen molar-refractivity contribution in [2.75, 3.05) is 20.6 Å². The lowest BCUT2D eigenvalue weighted by Gasteiger charge is -2.25. The molecule has 1 unspecified atom stereocenters. The standard InChI is InChI=1S/C9H16N2OS2/c1-7(14-9(13)10(2)3)11-6-4-5-8(11)12/h7H,4-6H2,1-3H3. The Morgan fingerprint density at radius 3 is 2.71 bits per heavy atom. The summed E-state index contributed by atoms with van der Waals surface area (Å²) < 4.78 is 0.831. The summed E-state index contributed by atoms with van der Waals surface area (Å²) in [7, 11) is 3.85. The number of hydrogen-bond donors (Lipinski definition) is 0. The van der Waals surface area contributed by atoms with E-state index < -0.39 is 0 Å². The molecule has 1 heterocycles. The molecule has 0 N–H and O–H groups in total. The summed E-state index contributed by atoms with van der Waals surface area (Å²) in [5.74, 6) is 0.256. The zero-order chi connectivity index (χ0) is 10.7. The SMILES string of the molecule is CC(SC(=S)N(C)C)N1CCCC1=O. The van der Waals surface area contributed by atoms with Crippen molar-refractivity contribution in [1.29, 1.82) is 0 Å². The van der Waals surface area contributed by atoms with Gasteiger partial charge in [0.15, 0.2) is 0 Å². The van der Waals surface area contributed by atoms with Crippen molar-refractivity contribution in [2.24, 2.45) is 0 Å². The van der Waals surface area contributed by atoms with E-state index in [9.17, 15) is 4.79 Å². The molecule has 0 aromatic rings. The van der Waals surface area contributed by atoms with Crippen molar-refractivity contribution in [1.82, 2.24) is 9.80 Å². The number of hydrogen-bond acceptors (Lipinski definition) is 3. The number of thioether (sulfide) groups is 1. The number of thiocarbonyl (C=S) groups is 1. The maximum Gasteiger partial charge on any atom is 0.223 e. The van der Waals surface area contributed by atoms with Crippen LogP contribution in [0.15, 0.2) is 0 Å². The molecule has 80 valence electrons. The van der Waals surface area contributed by atoms with Crippen molar-refractivity contribution >= 4 is 34.2 Å². The molecule has 1 rings (SSSR count). The lowest BCUT2D eigenvalue weighted by Crippen LogP contribution is -2.33. The highest BCUT2D eigenvalue weighted by molar-refractivity contribution is 8.23. The zero-order valence-electron chi connectivity index (χ0n) is 8.82. The summed E-state index contributed by atoms with van der Waals surface area (Å²) in [6.07, 6.45) is 1.68. The van der Waals surface area contributed by atoms with Gasteiger partial charge in [-0.1, -0.05) is 24.0 Å². The lowest BCUT2D eigenvalue weighted by molar-refractivity contribution is -0.128. The van der Waals surface area contributed by atoms with Gasteiger partial charge in [0, 0.05) is 27.1 Å². The molecule has 1 atom stereocenters. The highest BCUT2D eigenvalue weighted by atomic mass is 32.2. The summed E-state index contributed by atoms with van der Waals surface area (Å²) in [5, 5.41) is 0.167. The van der Waals surface area contributed by atoms with Gasteiger partial charge in [0.25, 0.3) is 0 Å². The van der Waals surface area contributed by atoms with E-state index in [0.717, 1.165) is 17.3 Å². The first kappa shape index (κ1) is 11.8. The van der Waals surface area contributed by atoms with Crippen molar-refractivity contribution in [2.45, 2.75) is 25.1 Å². The van der Waals surface area contributed by atoms with Crippen LogP contribution in [0.2, 0.25) is 0 Å². The van der Waals surface area contributed by atoms with E-state index in [1.165, 1.54) is 0 Å². The molecule has 1 aliphatic rings. The van der Waals surface area contributed by atoms with Gasteiger partial charge in [0.1, 0.15) is 4.32 Å². The van der Waals surface area contributed by atoms with Crippen LogP contribution in [0.25, 0.3) is 0 Å². The van der Waals surface area contributed by atoms with Crippen LogP contribution in [0.1, 0.15) is 19.8 Å². The van der Waals surface area contributed by atoms with Gasteiger partial charge in [-0.2, -0.15) is 0 Å². The molecule has 0 aromatic carbocycles. The van der Waals surface area contributed by atoms with Crippen molar-refractivity contribution < 1.29 is 4.79 Å². The van der Waals surface area contributed by atoms with E-state index in [1.54, 1.807) is 11.8 Å². The van der Waals surface area contributed by atoms with E-state index >= 15 is 0 Å². The lowest BCUT2D eigenvalue weighted by atomic mass is 10.4. The Morgan fingerprint density at radius 1 is 1.64 bits per heavy atom. The molecule has 5 heteroatoms. The van der Waals surface area contributed by atoms with Crippen LogP contribution in [-0.2, 0) is 4.79 Å². The maximum absolute atomic E-state index is 11.4. The van der Waals surface area contributed by atoms with Crippen LogP contribution >= 0.6 is 24.0 Å². The third kappa shape index (κ3) is 2.85. The topological polar surface area (TPSA) is 23.6 Å². The van der Waals surface area contributed by atoms with Gasteiger partial charge in [-0.3, -0.25) is 4.79 Å². The largest absolute Gasteiger partial charge is 0.364 e. The summed E-state index contributed by atoms with van der Waals surface area (Å²) in [6.45, 7) is 2.91. The average Bonchev–Trinajstić information content (AvgIpc) is 2.51. The minimum absolute atomic E-state index is 0.167. The first-order valence-corrected chi connectivity index (χ1v) is 5.98. The Kier molecular flexibility index (Phi) is 4.19. The molecule has 3 nitrogen and oxygen atoms in total. The van der Waals surface area contributed by atoms with E-state index in [1.807, 2.05) is 30.8 Å². The van der Waals surface area contributed by atoms with E-state index in [-0.39, 0.29) is 11.3 Å². The van der Waals surface area contributed by atoms with Crippen molar-refractivity contribution in [3.63, 3.8) is 0 Å². The van der Waals surface area contributed by atoms with Crippen molar-refractivity contribution in [3.8, 4) is 0 Å². The number of nitrogens with zero attached hydrogens (tertiary/aromatic N) is 2. The Balaban J connectivity index is 2.45. The van der Waals surface area contributed by atoms with Crippen LogP contribution < -0.4 is 0 Å². The summed E-state index contributed by atoms with van der Waals surface area (Å²) >= 11 is 6.75. The molecule has 0 saturated carbocycles. The molecule has 0 spiro atoms. The monoisotopic (exact) mass is 232 g/mol. The molecule has 0 radical (unpaired) electrons. The van der Waals surface area contributed by atoms with E-state index in [4.69, 9.17) is 12.2 Å². The molecule has 1 saturated heterocycles. The number of likely N-dealkylation sites (tertiary alicyclic amines) is 1. The Morgan fingerprint density at radius 2 is 2.29 bits per heavy atom. The highest BCUT2D eigenvalue weighted by Gasteiger charge is 2.26. The van der Waals surface area contributed by atoms with Gasteiger partial charge >= 0.3 is 0 Å². The van der Waals surface area contributed by atoms with Gasteiger partial charge in [-0.05, 0) is 13.3 Å². The third-order valence-electron chi connectivity index (χ3n) is 2.19. The number of carbonyl (C=O) groups is 1. The van der Waals surface area contributed by atoms with Crippen LogP contribution in [0.3, 0.4) is 0 Å². The summed E-state index contributed by atoms with van der Waals surface area (Å²) in [5.41, 5.74) is 0. The fraction of sp³-hybridized carbons (Fsp3) is 0.778. The Hall–Kier alpha value is -0.290. The fourth-order valence-electron chi connectivity index (χ4n) is 1.37. The minimum atomic E-state index is 0.167. The van der Waals surface area contributed by atoms with Gasteiger partial charge in [-0.25, -0.2) is 0 Å². The van der Waals surface area contributed by atoms with Gasteiger partial charge < -0.3 is 9.80 Å². The van der Waals surface area contributed by atoms with Gasteiger partial charge in [0.05, 0.1) is 5.37 Å². The highest BCUT2D eigenvalue weighted by Crippen LogP contribution is 2.23. The number of carbonyl (C=O) groups excluding carboxylic acids is 1. The third-order valence-corrected chi connectivity index (χ3v) is 4.00. The van der Waals surface area contributed by atoms with Gasteiger partial charge in [-0.15, -0.1) is 0 Å². The quantitative estimate of drug-likeness (QED) is 0.674. The second kappa shape index (κ2) is 4.98. The zero-order valence-corrected chi connectivity index (χ0v) is 10.5. The Bertz CT molecular complexity index is 243. The van der Waals surface area contributed by atoms with Crippen LogP contribution in [-0.4, -0.2) is 46.0 Å². The maximum atomic E-state index is 11.4. The van der Waals surface area contributed by atoms with Crippen molar-refractivity contribution in [3.05, 3.63) is 0 Å². The molecule has 1 amide bonds. The second-order valence-electron chi connectivity index (χ2n) is 3.57. The Labute approximate surface area is 94.8 Å². The molecule has 0 aliphatic carbocycles. The van der Waals surface area contributed by atoms with E-state index in [0.29, 0.717) is 6.42 Å².